The predicted octanol–water partition coefficient (Wildman–Crippen LogP) is 4.13. The van der Waals surface area contributed by atoms with E-state index in [-0.39, 0.29) is 11.9 Å². The summed E-state index contributed by atoms with van der Waals surface area (Å²) in [4.78, 5) is 8.69. The second-order valence-corrected chi connectivity index (χ2v) is 5.77. The van der Waals surface area contributed by atoms with E-state index in [0.29, 0.717) is 5.65 Å². The summed E-state index contributed by atoms with van der Waals surface area (Å²) in [6.45, 7) is 2.08. The molecule has 1 N–H and O–H groups in total. The third-order valence-corrected chi connectivity index (χ3v) is 4.09. The summed E-state index contributed by atoms with van der Waals surface area (Å²) in [7, 11) is 0. The van der Waals surface area contributed by atoms with Crippen molar-refractivity contribution in [2.24, 2.45) is 0 Å². The molecule has 5 nitrogen and oxygen atoms in total. The third-order valence-electron chi connectivity index (χ3n) is 4.09. The highest BCUT2D eigenvalue weighted by Crippen LogP contribution is 2.25. The number of halogens is 1. The largest absolute Gasteiger partial charge is 0.363 e. The standard InChI is InChI=1S/C19H16FN5/c1-13(14-5-3-2-4-6-14)24-18-17-11-23-25(19(17)22-12-21-18)16-9-7-15(20)8-10-16/h2-13H,1H3,(H,21,22,24). The Labute approximate surface area is 144 Å². The Balaban J connectivity index is 1.71. The number of anilines is 1. The third kappa shape index (κ3) is 2.94. The molecule has 0 bridgehead atoms. The second-order valence-electron chi connectivity index (χ2n) is 5.77. The Bertz CT molecular complexity index is 995. The van der Waals surface area contributed by atoms with Gasteiger partial charge >= 0.3 is 0 Å². The van der Waals surface area contributed by atoms with Gasteiger partial charge in [0.15, 0.2) is 5.65 Å². The number of nitrogens with zero attached hydrogens (tertiary/aromatic N) is 4. The first-order valence-electron chi connectivity index (χ1n) is 7.98. The maximum Gasteiger partial charge on any atom is 0.168 e. The first kappa shape index (κ1) is 15.3. The van der Waals surface area contributed by atoms with Crippen LogP contribution in [0.5, 0.6) is 0 Å². The quantitative estimate of drug-likeness (QED) is 0.610. The van der Waals surface area contributed by atoms with E-state index in [1.165, 1.54) is 24.0 Å². The number of hydrogen-bond donors (Lipinski definition) is 1. The van der Waals surface area contributed by atoms with Gasteiger partial charge < -0.3 is 5.32 Å². The predicted molar refractivity (Wildman–Crippen MR) is 95.1 cm³/mol. The minimum atomic E-state index is -0.283. The van der Waals surface area contributed by atoms with Crippen molar-refractivity contribution in [3.63, 3.8) is 0 Å². The van der Waals surface area contributed by atoms with Crippen molar-refractivity contribution in [2.45, 2.75) is 13.0 Å². The van der Waals surface area contributed by atoms with Crippen LogP contribution in [0, 0.1) is 5.82 Å². The van der Waals surface area contributed by atoms with Crippen molar-refractivity contribution < 1.29 is 4.39 Å². The average Bonchev–Trinajstić information content (AvgIpc) is 3.08. The molecule has 2 aromatic carbocycles. The Morgan fingerprint density at radius 1 is 1.00 bits per heavy atom. The van der Waals surface area contributed by atoms with Crippen molar-refractivity contribution in [1.29, 1.82) is 0 Å². The molecular formula is C19H16FN5. The van der Waals surface area contributed by atoms with Crippen LogP contribution in [-0.2, 0) is 0 Å². The van der Waals surface area contributed by atoms with Crippen molar-refractivity contribution >= 4 is 16.9 Å². The van der Waals surface area contributed by atoms with E-state index in [1.807, 2.05) is 18.2 Å². The van der Waals surface area contributed by atoms with Crippen LogP contribution in [0.3, 0.4) is 0 Å². The van der Waals surface area contributed by atoms with Gasteiger partial charge in [-0.2, -0.15) is 5.10 Å². The summed E-state index contributed by atoms with van der Waals surface area (Å²) < 4.78 is 14.8. The van der Waals surface area contributed by atoms with E-state index in [4.69, 9.17) is 0 Å². The monoisotopic (exact) mass is 333 g/mol. The summed E-state index contributed by atoms with van der Waals surface area (Å²) in [6, 6.07) is 16.4. The van der Waals surface area contributed by atoms with Gasteiger partial charge in [0.05, 0.1) is 17.3 Å². The Morgan fingerprint density at radius 3 is 2.52 bits per heavy atom. The highest BCUT2D eigenvalue weighted by atomic mass is 19.1. The van der Waals surface area contributed by atoms with Crippen LogP contribution >= 0.6 is 0 Å². The maximum atomic E-state index is 13.1. The molecule has 1 atom stereocenters. The van der Waals surface area contributed by atoms with Crippen LogP contribution in [0.1, 0.15) is 18.5 Å². The van der Waals surface area contributed by atoms with Crippen LogP contribution < -0.4 is 5.32 Å². The first-order chi connectivity index (χ1) is 12.2. The van der Waals surface area contributed by atoms with Gasteiger partial charge in [-0.3, -0.25) is 0 Å². The number of nitrogens with one attached hydrogen (secondary N) is 1. The molecular weight excluding hydrogens is 317 g/mol. The summed E-state index contributed by atoms with van der Waals surface area (Å²) in [5.74, 6) is 0.434. The molecule has 0 radical (unpaired) electrons. The lowest BCUT2D eigenvalue weighted by atomic mass is 10.1. The van der Waals surface area contributed by atoms with E-state index >= 15 is 0 Å². The van der Waals surface area contributed by atoms with Gasteiger partial charge in [-0.25, -0.2) is 19.0 Å². The summed E-state index contributed by atoms with van der Waals surface area (Å²) in [5.41, 5.74) is 2.58. The fraction of sp³-hybridized carbons (Fsp3) is 0.105. The Hall–Kier alpha value is -3.28. The molecule has 4 rings (SSSR count). The number of rotatable bonds is 4. The highest BCUT2D eigenvalue weighted by Gasteiger charge is 2.13. The number of benzene rings is 2. The first-order valence-corrected chi connectivity index (χ1v) is 7.98. The minimum Gasteiger partial charge on any atom is -0.363 e. The lowest BCUT2D eigenvalue weighted by Gasteiger charge is -2.15. The van der Waals surface area contributed by atoms with Crippen LogP contribution in [0.2, 0.25) is 0 Å². The van der Waals surface area contributed by atoms with Crippen molar-refractivity contribution in [3.8, 4) is 5.69 Å². The maximum absolute atomic E-state index is 13.1. The van der Waals surface area contributed by atoms with Crippen molar-refractivity contribution in [2.75, 3.05) is 5.32 Å². The molecule has 1 unspecified atom stereocenters. The van der Waals surface area contributed by atoms with E-state index in [1.54, 1.807) is 23.0 Å². The molecule has 0 amide bonds. The molecule has 2 aromatic heterocycles. The SMILES string of the molecule is CC(Nc1ncnc2c1cnn2-c1ccc(F)cc1)c1ccccc1. The number of hydrogen-bond acceptors (Lipinski definition) is 4. The van der Waals surface area contributed by atoms with Gasteiger partial charge in [-0.15, -0.1) is 0 Å². The van der Waals surface area contributed by atoms with Gasteiger partial charge in [-0.1, -0.05) is 30.3 Å². The van der Waals surface area contributed by atoms with Crippen LogP contribution in [0.25, 0.3) is 16.7 Å². The van der Waals surface area contributed by atoms with Crippen LogP contribution in [0.4, 0.5) is 10.2 Å². The van der Waals surface area contributed by atoms with Gasteiger partial charge in [0.1, 0.15) is 18.0 Å². The molecule has 0 fully saturated rings. The van der Waals surface area contributed by atoms with Gasteiger partial charge in [0.25, 0.3) is 0 Å². The average molecular weight is 333 g/mol. The molecule has 0 saturated heterocycles. The van der Waals surface area contributed by atoms with Gasteiger partial charge in [-0.05, 0) is 36.8 Å². The zero-order valence-corrected chi connectivity index (χ0v) is 13.6. The summed E-state index contributed by atoms with van der Waals surface area (Å²) in [6.07, 6.45) is 3.23. The lowest BCUT2D eigenvalue weighted by molar-refractivity contribution is 0.627. The summed E-state index contributed by atoms with van der Waals surface area (Å²) in [5, 5.41) is 8.61. The smallest absolute Gasteiger partial charge is 0.168 e. The Kier molecular flexibility index (Phi) is 3.85. The highest BCUT2D eigenvalue weighted by molar-refractivity contribution is 5.87. The number of aromatic nitrogens is 4. The molecule has 4 aromatic rings. The van der Waals surface area contributed by atoms with E-state index in [9.17, 15) is 4.39 Å². The molecule has 0 aliphatic heterocycles. The fourth-order valence-corrected chi connectivity index (χ4v) is 2.76. The van der Waals surface area contributed by atoms with Gasteiger partial charge in [0.2, 0.25) is 0 Å². The fourth-order valence-electron chi connectivity index (χ4n) is 2.76. The van der Waals surface area contributed by atoms with Crippen molar-refractivity contribution in [3.05, 3.63) is 78.5 Å². The minimum absolute atomic E-state index is 0.0912. The number of fused-ring (bicyclic) bond motifs is 1. The molecule has 124 valence electrons. The Morgan fingerprint density at radius 2 is 1.76 bits per heavy atom. The second kappa shape index (κ2) is 6.32. The lowest BCUT2D eigenvalue weighted by Crippen LogP contribution is -2.08. The molecule has 2 heterocycles. The molecule has 0 saturated carbocycles. The van der Waals surface area contributed by atoms with Crippen molar-refractivity contribution in [1.82, 2.24) is 19.7 Å². The molecule has 0 aliphatic rings. The summed E-state index contributed by atoms with van der Waals surface area (Å²) >= 11 is 0. The van der Waals surface area contributed by atoms with Crippen LogP contribution in [0.15, 0.2) is 67.1 Å². The normalized spacial score (nSPS) is 12.2. The van der Waals surface area contributed by atoms with Crippen LogP contribution in [-0.4, -0.2) is 19.7 Å². The molecule has 6 heteroatoms. The zero-order chi connectivity index (χ0) is 17.2. The molecule has 0 spiro atoms. The van der Waals surface area contributed by atoms with E-state index < -0.39 is 0 Å². The van der Waals surface area contributed by atoms with E-state index in [2.05, 4.69) is 39.4 Å². The topological polar surface area (TPSA) is 55.6 Å². The molecule has 0 aliphatic carbocycles. The van der Waals surface area contributed by atoms with E-state index in [0.717, 1.165) is 16.9 Å². The zero-order valence-electron chi connectivity index (χ0n) is 13.6. The molecule has 25 heavy (non-hydrogen) atoms. The van der Waals surface area contributed by atoms with Gasteiger partial charge in [0, 0.05) is 6.04 Å².